The smallest absolute Gasteiger partial charge is 0.309 e. The van der Waals surface area contributed by atoms with Crippen LogP contribution in [-0.4, -0.2) is 23.1 Å². The summed E-state index contributed by atoms with van der Waals surface area (Å²) in [4.78, 5) is 21.7. The third kappa shape index (κ3) is 7.83. The number of carboxylic acid groups (broad SMARTS) is 1. The van der Waals surface area contributed by atoms with E-state index >= 15 is 0 Å². The predicted octanol–water partition coefficient (Wildman–Crippen LogP) is 6.02. The number of rotatable bonds is 15. The van der Waals surface area contributed by atoms with Crippen molar-refractivity contribution in [2.45, 2.75) is 103 Å². The van der Waals surface area contributed by atoms with Crippen molar-refractivity contribution in [3.63, 3.8) is 0 Å². The Kier molecular flexibility index (Phi) is 8.73. The first-order valence-electron chi connectivity index (χ1n) is 11.2. The van der Waals surface area contributed by atoms with Crippen LogP contribution < -0.4 is 0 Å². The fourth-order valence-electron chi connectivity index (χ4n) is 3.94. The van der Waals surface area contributed by atoms with Crippen molar-refractivity contribution in [2.24, 2.45) is 5.41 Å². The second kappa shape index (κ2) is 10.8. The third-order valence-corrected chi connectivity index (χ3v) is 6.44. The van der Waals surface area contributed by atoms with Gasteiger partial charge in [-0.3, -0.25) is 9.59 Å². The summed E-state index contributed by atoms with van der Waals surface area (Å²) in [7, 11) is 0. The van der Waals surface area contributed by atoms with Gasteiger partial charge < -0.3 is 9.84 Å². The van der Waals surface area contributed by atoms with Gasteiger partial charge >= 0.3 is 5.97 Å². The summed E-state index contributed by atoms with van der Waals surface area (Å²) in [6, 6.07) is 6.83. The van der Waals surface area contributed by atoms with Gasteiger partial charge in [-0.25, -0.2) is 0 Å². The zero-order valence-electron chi connectivity index (χ0n) is 18.5. The number of hydrogen-bond donors (Lipinski definition) is 1. The van der Waals surface area contributed by atoms with Crippen molar-refractivity contribution in [1.82, 2.24) is 0 Å². The number of carbonyl (C=O) groups is 2. The lowest BCUT2D eigenvalue weighted by Crippen LogP contribution is -2.23. The number of aryl methyl sites for hydroxylation is 3. The molecule has 0 atom stereocenters. The Morgan fingerprint density at radius 3 is 2.45 bits per heavy atom. The molecule has 1 aromatic rings. The van der Waals surface area contributed by atoms with E-state index < -0.39 is 11.4 Å². The molecule has 0 heterocycles. The van der Waals surface area contributed by atoms with Crippen LogP contribution in [0.4, 0.5) is 0 Å². The monoisotopic (exact) mass is 402 g/mol. The molecule has 4 heteroatoms. The average molecular weight is 403 g/mol. The van der Waals surface area contributed by atoms with Crippen LogP contribution in [0, 0.1) is 12.3 Å². The van der Waals surface area contributed by atoms with Crippen molar-refractivity contribution < 1.29 is 19.4 Å². The molecule has 2 rings (SSSR count). The summed E-state index contributed by atoms with van der Waals surface area (Å²) < 4.78 is 5.23. The molecule has 0 aliphatic heterocycles. The van der Waals surface area contributed by atoms with Crippen LogP contribution in [0.2, 0.25) is 0 Å². The molecule has 0 aromatic heterocycles. The summed E-state index contributed by atoms with van der Waals surface area (Å²) in [5, 5.41) is 9.16. The van der Waals surface area contributed by atoms with Crippen molar-refractivity contribution >= 4 is 12.4 Å². The highest BCUT2D eigenvalue weighted by molar-refractivity contribution is 5.73. The highest BCUT2D eigenvalue weighted by atomic mass is 16.5. The first-order chi connectivity index (χ1) is 13.8. The number of aliphatic carboxylic acids is 1. The second-order valence-corrected chi connectivity index (χ2v) is 9.47. The Bertz CT molecular complexity index is 673. The van der Waals surface area contributed by atoms with E-state index in [0.29, 0.717) is 6.47 Å². The Balaban J connectivity index is 1.66. The van der Waals surface area contributed by atoms with Gasteiger partial charge in [0.05, 0.1) is 5.41 Å². The number of benzene rings is 1. The van der Waals surface area contributed by atoms with Crippen molar-refractivity contribution in [3.05, 3.63) is 34.9 Å². The van der Waals surface area contributed by atoms with E-state index in [2.05, 4.69) is 25.1 Å². The molecule has 1 aromatic carbocycles. The van der Waals surface area contributed by atoms with Gasteiger partial charge in [0.1, 0.15) is 5.60 Å². The number of ether oxygens (including phenoxy) is 1. The van der Waals surface area contributed by atoms with Gasteiger partial charge in [-0.2, -0.15) is 0 Å². The van der Waals surface area contributed by atoms with Crippen LogP contribution in [-0.2, 0) is 27.2 Å². The predicted molar refractivity (Wildman–Crippen MR) is 116 cm³/mol. The zero-order valence-corrected chi connectivity index (χ0v) is 18.5. The maximum Gasteiger partial charge on any atom is 0.309 e. The maximum absolute atomic E-state index is 11.1. The van der Waals surface area contributed by atoms with E-state index in [-0.39, 0.29) is 5.60 Å². The van der Waals surface area contributed by atoms with Gasteiger partial charge in [0.25, 0.3) is 6.47 Å². The molecule has 1 saturated carbocycles. The topological polar surface area (TPSA) is 63.6 Å². The lowest BCUT2D eigenvalue weighted by Gasteiger charge is -2.18. The Morgan fingerprint density at radius 2 is 1.79 bits per heavy atom. The highest BCUT2D eigenvalue weighted by Gasteiger charge is 2.44. The lowest BCUT2D eigenvalue weighted by atomic mass is 9.87. The van der Waals surface area contributed by atoms with Gasteiger partial charge in [0.15, 0.2) is 0 Å². The molecule has 0 spiro atoms. The molecule has 1 fully saturated rings. The molecule has 29 heavy (non-hydrogen) atoms. The molecule has 1 N–H and O–H groups in total. The normalized spacial score (nSPS) is 15.1. The van der Waals surface area contributed by atoms with E-state index in [0.717, 1.165) is 77.0 Å². The van der Waals surface area contributed by atoms with E-state index in [4.69, 9.17) is 9.84 Å². The number of hydrogen-bond acceptors (Lipinski definition) is 3. The van der Waals surface area contributed by atoms with Crippen LogP contribution in [0.15, 0.2) is 18.2 Å². The minimum atomic E-state index is -0.701. The molecular formula is C25H38O4. The number of unbranched alkanes of at least 4 members (excludes halogenated alkanes) is 4. The fourth-order valence-corrected chi connectivity index (χ4v) is 3.94. The minimum absolute atomic E-state index is 0.127. The maximum atomic E-state index is 11.1. The molecule has 4 nitrogen and oxygen atoms in total. The van der Waals surface area contributed by atoms with Crippen LogP contribution in [0.25, 0.3) is 0 Å². The van der Waals surface area contributed by atoms with Gasteiger partial charge in [0, 0.05) is 0 Å². The first kappa shape index (κ1) is 23.4. The zero-order chi connectivity index (χ0) is 21.3. The largest absolute Gasteiger partial charge is 0.481 e. The van der Waals surface area contributed by atoms with E-state index in [1.54, 1.807) is 0 Å². The summed E-state index contributed by atoms with van der Waals surface area (Å²) in [5.74, 6) is -0.701. The molecule has 1 aliphatic carbocycles. The quantitative estimate of drug-likeness (QED) is 0.288. The van der Waals surface area contributed by atoms with E-state index in [9.17, 15) is 9.59 Å². The molecule has 0 unspecified atom stereocenters. The summed E-state index contributed by atoms with van der Waals surface area (Å²) in [5.41, 5.74) is 3.46. The Morgan fingerprint density at radius 1 is 1.10 bits per heavy atom. The summed E-state index contributed by atoms with van der Waals surface area (Å²) in [6.45, 7) is 6.40. The lowest BCUT2D eigenvalue weighted by molar-refractivity contribution is -0.147. The molecule has 1 aliphatic rings. The van der Waals surface area contributed by atoms with Crippen molar-refractivity contribution in [2.75, 3.05) is 0 Å². The number of carbonyl (C=O) groups excluding carboxylic acids is 1. The van der Waals surface area contributed by atoms with E-state index in [1.165, 1.54) is 16.7 Å². The Labute approximate surface area is 176 Å². The van der Waals surface area contributed by atoms with Gasteiger partial charge in [-0.05, 0) is 95.2 Å². The summed E-state index contributed by atoms with van der Waals surface area (Å²) >= 11 is 0. The van der Waals surface area contributed by atoms with Crippen molar-refractivity contribution in [1.29, 1.82) is 0 Å². The SMILES string of the molecule is Cc1ccc(CCCCCCC(C)(C)C(=O)O)cc1CCCCC1(OC=O)CC1. The molecule has 0 saturated heterocycles. The Hall–Kier alpha value is -1.84. The van der Waals surface area contributed by atoms with Gasteiger partial charge in [-0.1, -0.05) is 37.5 Å². The number of carboxylic acids is 1. The molecule has 0 bridgehead atoms. The van der Waals surface area contributed by atoms with Crippen LogP contribution in [0.1, 0.15) is 94.7 Å². The van der Waals surface area contributed by atoms with Crippen LogP contribution in [0.3, 0.4) is 0 Å². The molecular weight excluding hydrogens is 364 g/mol. The third-order valence-electron chi connectivity index (χ3n) is 6.44. The second-order valence-electron chi connectivity index (χ2n) is 9.47. The average Bonchev–Trinajstić information content (AvgIpc) is 3.43. The van der Waals surface area contributed by atoms with Gasteiger partial charge in [-0.15, -0.1) is 0 Å². The van der Waals surface area contributed by atoms with Crippen LogP contribution in [0.5, 0.6) is 0 Å². The van der Waals surface area contributed by atoms with Crippen molar-refractivity contribution in [3.8, 4) is 0 Å². The standard InChI is InChI=1S/C25H38O4/c1-20-12-13-21(10-6-4-5-8-14-24(2,3)23(27)28)18-22(20)11-7-9-15-25(16-17-25)29-19-26/h12-13,18-19H,4-11,14-17H2,1-3H3,(H,27,28). The molecule has 162 valence electrons. The minimum Gasteiger partial charge on any atom is -0.481 e. The fraction of sp³-hybridized carbons (Fsp3) is 0.680. The first-order valence-corrected chi connectivity index (χ1v) is 11.2. The highest BCUT2D eigenvalue weighted by Crippen LogP contribution is 2.43. The molecule has 0 amide bonds. The molecule has 0 radical (unpaired) electrons. The van der Waals surface area contributed by atoms with Gasteiger partial charge in [0.2, 0.25) is 0 Å². The van der Waals surface area contributed by atoms with E-state index in [1.807, 2.05) is 13.8 Å². The van der Waals surface area contributed by atoms with Crippen LogP contribution >= 0.6 is 0 Å². The summed E-state index contributed by atoms with van der Waals surface area (Å²) in [6.07, 6.45) is 12.6.